The Morgan fingerprint density at radius 2 is 1.95 bits per heavy atom. The van der Waals surface area contributed by atoms with Gasteiger partial charge in [-0.1, -0.05) is 19.9 Å². The van der Waals surface area contributed by atoms with Crippen molar-refractivity contribution in [2.75, 3.05) is 25.1 Å². The van der Waals surface area contributed by atoms with Crippen LogP contribution in [-0.4, -0.2) is 64.4 Å². The maximum Gasteiger partial charge on any atom is 0.302 e. The lowest BCUT2D eigenvalue weighted by atomic mass is 10.1. The zero-order valence-corrected chi connectivity index (χ0v) is 22.9. The smallest absolute Gasteiger partial charge is 0.302 e. The lowest BCUT2D eigenvalue weighted by Crippen LogP contribution is -2.34. The van der Waals surface area contributed by atoms with E-state index in [1.54, 1.807) is 18.1 Å². The highest BCUT2D eigenvalue weighted by molar-refractivity contribution is 5.98. The van der Waals surface area contributed by atoms with Gasteiger partial charge in [0.2, 0.25) is 0 Å². The van der Waals surface area contributed by atoms with Crippen LogP contribution in [0.25, 0.3) is 10.9 Å². The average Bonchev–Trinajstić information content (AvgIpc) is 3.72. The van der Waals surface area contributed by atoms with E-state index in [9.17, 15) is 9.59 Å². The number of amides is 1. The van der Waals surface area contributed by atoms with Gasteiger partial charge in [-0.15, -0.1) is 0 Å². The first-order valence-corrected chi connectivity index (χ1v) is 13.5. The number of fused-ring (bicyclic) bond motifs is 3. The Hall–Kier alpha value is -3.79. The number of nitrogens with zero attached hydrogens (tertiary/aromatic N) is 5. The summed E-state index contributed by atoms with van der Waals surface area (Å²) in [6.07, 6.45) is 4.30. The summed E-state index contributed by atoms with van der Waals surface area (Å²) in [5, 5.41) is 0.990. The SMILES string of the molecule is CC(=O)OCCCCCc1nc2c(nc1COc1ccc3ncccc3c1)N(CC(C)C)C1OC1N(C)C2=O. The Balaban J connectivity index is 1.42. The highest BCUT2D eigenvalue weighted by Crippen LogP contribution is 2.38. The number of epoxide rings is 1. The van der Waals surface area contributed by atoms with Crippen molar-refractivity contribution in [3.05, 3.63) is 53.6 Å². The fourth-order valence-corrected chi connectivity index (χ4v) is 4.83. The number of pyridine rings is 1. The Kier molecular flexibility index (Phi) is 7.92. The van der Waals surface area contributed by atoms with Crippen molar-refractivity contribution >= 4 is 28.6 Å². The number of carbonyl (C=O) groups is 2. The van der Waals surface area contributed by atoms with Gasteiger partial charge in [-0.25, -0.2) is 9.97 Å². The third-order valence-electron chi connectivity index (χ3n) is 6.84. The highest BCUT2D eigenvalue weighted by atomic mass is 16.6. The predicted molar refractivity (Wildman–Crippen MR) is 145 cm³/mol. The molecule has 5 rings (SSSR count). The van der Waals surface area contributed by atoms with E-state index in [0.29, 0.717) is 48.4 Å². The lowest BCUT2D eigenvalue weighted by molar-refractivity contribution is -0.141. The van der Waals surface area contributed by atoms with Crippen LogP contribution in [0.15, 0.2) is 36.5 Å². The van der Waals surface area contributed by atoms with Gasteiger partial charge in [-0.2, -0.15) is 0 Å². The van der Waals surface area contributed by atoms with E-state index in [1.807, 2.05) is 30.3 Å². The summed E-state index contributed by atoms with van der Waals surface area (Å²) in [4.78, 5) is 42.4. The van der Waals surface area contributed by atoms with Gasteiger partial charge in [-0.3, -0.25) is 14.6 Å². The normalized spacial score (nSPS) is 18.1. The molecular formula is C29H35N5O5. The Labute approximate surface area is 228 Å². The zero-order chi connectivity index (χ0) is 27.5. The minimum atomic E-state index is -0.303. The number of benzene rings is 1. The minimum Gasteiger partial charge on any atom is -0.487 e. The number of hydrogen-bond donors (Lipinski definition) is 0. The number of unbranched alkanes of at least 4 members (excludes halogenated alkanes) is 2. The summed E-state index contributed by atoms with van der Waals surface area (Å²) in [6.45, 7) is 6.97. The molecule has 2 aliphatic heterocycles. The van der Waals surface area contributed by atoms with Gasteiger partial charge in [0.1, 0.15) is 18.1 Å². The summed E-state index contributed by atoms with van der Waals surface area (Å²) in [6, 6.07) is 9.68. The largest absolute Gasteiger partial charge is 0.487 e. The molecule has 4 heterocycles. The third kappa shape index (κ3) is 6.11. The van der Waals surface area contributed by atoms with E-state index in [1.165, 1.54) is 6.92 Å². The quantitative estimate of drug-likeness (QED) is 0.204. The fourth-order valence-electron chi connectivity index (χ4n) is 4.83. The highest BCUT2D eigenvalue weighted by Gasteiger charge is 2.53. The molecule has 2 atom stereocenters. The van der Waals surface area contributed by atoms with E-state index in [0.717, 1.165) is 35.9 Å². The summed E-state index contributed by atoms with van der Waals surface area (Å²) < 4.78 is 17.1. The first-order chi connectivity index (χ1) is 18.8. The molecule has 1 fully saturated rings. The molecule has 0 saturated carbocycles. The molecule has 1 aromatic carbocycles. The summed E-state index contributed by atoms with van der Waals surface area (Å²) in [5.74, 6) is 1.13. The second-order valence-corrected chi connectivity index (χ2v) is 10.5. The van der Waals surface area contributed by atoms with Gasteiger partial charge in [0.05, 0.1) is 17.8 Å². The van der Waals surface area contributed by atoms with Crippen molar-refractivity contribution in [1.82, 2.24) is 19.9 Å². The van der Waals surface area contributed by atoms with E-state index in [-0.39, 0.29) is 30.9 Å². The van der Waals surface area contributed by atoms with E-state index in [4.69, 9.17) is 24.2 Å². The van der Waals surface area contributed by atoms with Gasteiger partial charge in [0.15, 0.2) is 24.0 Å². The van der Waals surface area contributed by atoms with Gasteiger partial charge >= 0.3 is 5.97 Å². The topological polar surface area (TPSA) is 110 Å². The van der Waals surface area contributed by atoms with Crippen molar-refractivity contribution in [3.63, 3.8) is 0 Å². The van der Waals surface area contributed by atoms with Crippen LogP contribution in [-0.2, 0) is 27.3 Å². The zero-order valence-electron chi connectivity index (χ0n) is 22.9. The van der Waals surface area contributed by atoms with Crippen molar-refractivity contribution in [1.29, 1.82) is 0 Å². The predicted octanol–water partition coefficient (Wildman–Crippen LogP) is 4.11. The number of anilines is 1. The fraction of sp³-hybridized carbons (Fsp3) is 0.483. The molecule has 10 heteroatoms. The standard InChI is InChI=1S/C29H35N5O5/c1-18(2)16-34-26-25(27(36)33(4)28-29(34)39-28)31-23(10-6-5-7-14-37-19(3)35)24(32-26)17-38-21-11-12-22-20(15-21)9-8-13-30-22/h8-9,11-13,15,18,28-29H,5-7,10,14,16-17H2,1-4H3. The molecule has 0 aliphatic carbocycles. The Bertz CT molecular complexity index is 1360. The van der Waals surface area contributed by atoms with Crippen molar-refractivity contribution in [3.8, 4) is 5.75 Å². The number of carbonyl (C=O) groups excluding carboxylic acids is 2. The lowest BCUT2D eigenvalue weighted by Gasteiger charge is -2.25. The second kappa shape index (κ2) is 11.5. The number of likely N-dealkylation sites (N-methyl/N-ethyl adjacent to an activating group) is 1. The van der Waals surface area contributed by atoms with Crippen molar-refractivity contribution in [2.45, 2.75) is 65.5 Å². The molecule has 0 spiro atoms. The van der Waals surface area contributed by atoms with Crippen LogP contribution in [0.5, 0.6) is 5.75 Å². The third-order valence-corrected chi connectivity index (χ3v) is 6.84. The molecule has 39 heavy (non-hydrogen) atoms. The Morgan fingerprint density at radius 1 is 1.10 bits per heavy atom. The number of aromatic nitrogens is 3. The number of rotatable bonds is 11. The van der Waals surface area contributed by atoms with Crippen LogP contribution in [0, 0.1) is 5.92 Å². The second-order valence-electron chi connectivity index (χ2n) is 10.5. The van der Waals surface area contributed by atoms with E-state index >= 15 is 0 Å². The van der Waals surface area contributed by atoms with Crippen LogP contribution in [0.4, 0.5) is 5.82 Å². The molecule has 0 radical (unpaired) electrons. The van der Waals surface area contributed by atoms with Crippen LogP contribution >= 0.6 is 0 Å². The van der Waals surface area contributed by atoms with Gasteiger partial charge in [-0.05, 0) is 55.9 Å². The maximum atomic E-state index is 13.4. The summed E-state index contributed by atoms with van der Waals surface area (Å²) in [7, 11) is 1.75. The number of esters is 1. The first-order valence-electron chi connectivity index (χ1n) is 13.5. The first kappa shape index (κ1) is 26.8. The average molecular weight is 534 g/mol. The minimum absolute atomic E-state index is 0.193. The molecule has 0 bridgehead atoms. The number of hydrogen-bond acceptors (Lipinski definition) is 9. The van der Waals surface area contributed by atoms with Crippen LogP contribution in [0.1, 0.15) is 61.9 Å². The molecule has 3 aromatic rings. The van der Waals surface area contributed by atoms with Crippen LogP contribution in [0.3, 0.4) is 0 Å². The molecule has 2 aliphatic rings. The number of ether oxygens (including phenoxy) is 3. The molecular weight excluding hydrogens is 498 g/mol. The Morgan fingerprint density at radius 3 is 2.74 bits per heavy atom. The number of aryl methyl sites for hydroxylation is 1. The van der Waals surface area contributed by atoms with Gasteiger partial charge in [0, 0.05) is 32.1 Å². The van der Waals surface area contributed by atoms with Gasteiger partial charge < -0.3 is 24.0 Å². The van der Waals surface area contributed by atoms with E-state index in [2.05, 4.69) is 23.7 Å². The van der Waals surface area contributed by atoms with Crippen molar-refractivity contribution < 1.29 is 23.8 Å². The van der Waals surface area contributed by atoms with Gasteiger partial charge in [0.25, 0.3) is 5.91 Å². The monoisotopic (exact) mass is 533 g/mol. The summed E-state index contributed by atoms with van der Waals surface area (Å²) >= 11 is 0. The van der Waals surface area contributed by atoms with Crippen LogP contribution < -0.4 is 9.64 Å². The molecule has 10 nitrogen and oxygen atoms in total. The molecule has 0 N–H and O–H groups in total. The molecule has 1 amide bonds. The molecule has 1 saturated heterocycles. The van der Waals surface area contributed by atoms with Crippen LogP contribution in [0.2, 0.25) is 0 Å². The summed E-state index contributed by atoms with van der Waals surface area (Å²) in [5.41, 5.74) is 2.69. The molecule has 2 unspecified atom stereocenters. The maximum absolute atomic E-state index is 13.4. The molecule has 2 aromatic heterocycles. The van der Waals surface area contributed by atoms with Crippen molar-refractivity contribution in [2.24, 2.45) is 5.92 Å². The molecule has 206 valence electrons. The van der Waals surface area contributed by atoms with E-state index < -0.39 is 0 Å².